The molecule has 1 unspecified atom stereocenters. The van der Waals surface area contributed by atoms with Gasteiger partial charge in [0.1, 0.15) is 0 Å². The van der Waals surface area contributed by atoms with Crippen molar-refractivity contribution in [2.75, 3.05) is 0 Å². The van der Waals surface area contributed by atoms with Gasteiger partial charge in [0, 0.05) is 17.0 Å². The minimum Gasteiger partial charge on any atom is -0.334 e. The zero-order chi connectivity index (χ0) is 20.4. The van der Waals surface area contributed by atoms with Crippen LogP contribution in [0.5, 0.6) is 0 Å². The number of carbonyl (C=O) groups excluding carboxylic acids is 1. The monoisotopic (exact) mass is 393 g/mol. The molecule has 3 rings (SSSR count). The molecule has 0 saturated carbocycles. The summed E-state index contributed by atoms with van der Waals surface area (Å²) in [4.78, 5) is 16.8. The number of amides is 1. The first kappa shape index (κ1) is 20.3. The quantitative estimate of drug-likeness (QED) is 0.568. The van der Waals surface area contributed by atoms with E-state index in [9.17, 15) is 9.00 Å². The molecule has 0 spiro atoms. The van der Waals surface area contributed by atoms with Crippen LogP contribution in [0.1, 0.15) is 43.6 Å². The van der Waals surface area contributed by atoms with Crippen molar-refractivity contribution in [3.8, 4) is 0 Å². The van der Waals surface area contributed by atoms with Crippen molar-refractivity contribution in [1.29, 1.82) is 0 Å². The van der Waals surface area contributed by atoms with Crippen molar-refractivity contribution in [2.24, 2.45) is 0 Å². The van der Waals surface area contributed by atoms with Crippen LogP contribution in [-0.2, 0) is 10.8 Å². The van der Waals surface area contributed by atoms with Gasteiger partial charge in [0.2, 0.25) is 0 Å². The van der Waals surface area contributed by atoms with Gasteiger partial charge >= 0.3 is 0 Å². The average molecular weight is 394 g/mol. The van der Waals surface area contributed by atoms with Gasteiger partial charge in [-0.1, -0.05) is 48.0 Å². The third-order valence-electron chi connectivity index (χ3n) is 4.89. The number of hydrogen-bond donors (Lipinski definition) is 0. The molecule has 4 heteroatoms. The van der Waals surface area contributed by atoms with Gasteiger partial charge in [-0.15, -0.1) is 0 Å². The molecule has 3 aromatic rings. The lowest BCUT2D eigenvalue weighted by molar-refractivity contribution is 0.0642. The van der Waals surface area contributed by atoms with E-state index in [1.165, 1.54) is 0 Å². The Morgan fingerprint density at radius 3 is 2.07 bits per heavy atom. The van der Waals surface area contributed by atoms with Crippen LogP contribution >= 0.6 is 0 Å². The average Bonchev–Trinajstić information content (AvgIpc) is 2.66. The summed E-state index contributed by atoms with van der Waals surface area (Å²) in [6.45, 7) is 10.1. The second-order valence-corrected chi connectivity index (χ2v) is 9.09. The van der Waals surface area contributed by atoms with Crippen LogP contribution in [0.2, 0.25) is 0 Å². The van der Waals surface area contributed by atoms with Gasteiger partial charge in [-0.05, 0) is 63.6 Å². The molecule has 0 saturated heterocycles. The molecule has 28 heavy (non-hydrogen) atoms. The number of hydrogen-bond acceptors (Lipinski definition) is 2. The molecule has 0 bridgehead atoms. The lowest BCUT2D eigenvalue weighted by atomic mass is 10.0. The van der Waals surface area contributed by atoms with E-state index < -0.39 is 10.8 Å². The van der Waals surface area contributed by atoms with E-state index in [1.807, 2.05) is 100 Å². The van der Waals surface area contributed by atoms with E-state index in [1.54, 1.807) is 0 Å². The number of rotatable bonds is 5. The maximum Gasteiger partial charge on any atom is 0.256 e. The summed E-state index contributed by atoms with van der Waals surface area (Å²) in [6.07, 6.45) is 0. The first-order chi connectivity index (χ1) is 13.3. The minimum absolute atomic E-state index is 0.0483. The predicted octanol–water partition coefficient (Wildman–Crippen LogP) is 5.57. The third-order valence-corrected chi connectivity index (χ3v) is 6.33. The van der Waals surface area contributed by atoms with Crippen molar-refractivity contribution in [3.63, 3.8) is 0 Å². The molecule has 0 fully saturated rings. The smallest absolute Gasteiger partial charge is 0.256 e. The number of benzene rings is 3. The van der Waals surface area contributed by atoms with Crippen LogP contribution in [0, 0.1) is 6.92 Å². The molecule has 3 nitrogen and oxygen atoms in total. The van der Waals surface area contributed by atoms with Crippen molar-refractivity contribution < 1.29 is 9.00 Å². The molecule has 0 aliphatic rings. The van der Waals surface area contributed by atoms with Crippen molar-refractivity contribution in [1.82, 2.24) is 4.90 Å². The lowest BCUT2D eigenvalue weighted by Gasteiger charge is -2.32. The molecule has 0 heterocycles. The Bertz CT molecular complexity index is 1010. The van der Waals surface area contributed by atoms with Crippen molar-refractivity contribution in [2.45, 2.75) is 56.5 Å². The molecule has 0 aliphatic carbocycles. The molecule has 0 N–H and O–H groups in total. The summed E-state index contributed by atoms with van der Waals surface area (Å²) in [5.41, 5.74) is 1.65. The fraction of sp³-hybridized carbons (Fsp3) is 0.292. The molecule has 3 aromatic carbocycles. The second kappa shape index (κ2) is 8.27. The maximum atomic E-state index is 13.6. The van der Waals surface area contributed by atoms with E-state index >= 15 is 0 Å². The summed E-state index contributed by atoms with van der Waals surface area (Å²) in [7, 11) is -1.43. The van der Waals surface area contributed by atoms with Crippen LogP contribution < -0.4 is 0 Å². The third kappa shape index (κ3) is 3.88. The zero-order valence-corrected chi connectivity index (χ0v) is 17.9. The van der Waals surface area contributed by atoms with Gasteiger partial charge in [0.25, 0.3) is 5.91 Å². The Labute approximate surface area is 169 Å². The Balaban J connectivity index is 2.23. The maximum absolute atomic E-state index is 13.6. The number of aryl methyl sites for hydroxylation is 1. The topological polar surface area (TPSA) is 37.4 Å². The van der Waals surface area contributed by atoms with Crippen LogP contribution in [0.15, 0.2) is 70.5 Å². The van der Waals surface area contributed by atoms with Crippen LogP contribution in [0.3, 0.4) is 0 Å². The van der Waals surface area contributed by atoms with Gasteiger partial charge in [-0.25, -0.2) is 4.21 Å². The Kier molecular flexibility index (Phi) is 5.99. The van der Waals surface area contributed by atoms with Crippen LogP contribution in [-0.4, -0.2) is 27.1 Å². The van der Waals surface area contributed by atoms with E-state index in [4.69, 9.17) is 0 Å². The normalized spacial score (nSPS) is 12.5. The summed E-state index contributed by atoms with van der Waals surface area (Å²) in [5.74, 6) is -0.0720. The largest absolute Gasteiger partial charge is 0.334 e. The van der Waals surface area contributed by atoms with Gasteiger partial charge < -0.3 is 4.90 Å². The molecule has 146 valence electrons. The minimum atomic E-state index is -1.43. The van der Waals surface area contributed by atoms with E-state index in [0.29, 0.717) is 15.4 Å². The highest BCUT2D eigenvalue weighted by Crippen LogP contribution is 2.30. The molecule has 1 atom stereocenters. The van der Waals surface area contributed by atoms with E-state index in [-0.39, 0.29) is 18.0 Å². The highest BCUT2D eigenvalue weighted by molar-refractivity contribution is 7.85. The summed E-state index contributed by atoms with van der Waals surface area (Å²) < 4.78 is 13.4. The first-order valence-corrected chi connectivity index (χ1v) is 10.8. The van der Waals surface area contributed by atoms with Gasteiger partial charge in [0.15, 0.2) is 0 Å². The SMILES string of the molecule is Cc1ccc(S(=O)c2ccc3ccccc3c2C(=O)N(C(C)C)C(C)C)cc1. The lowest BCUT2D eigenvalue weighted by Crippen LogP contribution is -2.42. The van der Waals surface area contributed by atoms with Crippen LogP contribution in [0.25, 0.3) is 10.8 Å². The molecular weight excluding hydrogens is 366 g/mol. The standard InChI is InChI=1S/C24H27NO2S/c1-16(2)25(17(3)4)24(26)23-21-9-7-6-8-19(21)12-15-22(23)28(27)20-13-10-18(5)11-14-20/h6-17H,1-5H3. The Hall–Kier alpha value is -2.46. The fourth-order valence-corrected chi connectivity index (χ4v) is 4.82. The van der Waals surface area contributed by atoms with Crippen molar-refractivity contribution >= 4 is 27.5 Å². The summed E-state index contributed by atoms with van der Waals surface area (Å²) >= 11 is 0. The zero-order valence-electron chi connectivity index (χ0n) is 17.1. The van der Waals surface area contributed by atoms with Gasteiger partial charge in [-0.2, -0.15) is 0 Å². The highest BCUT2D eigenvalue weighted by Gasteiger charge is 2.27. The molecule has 0 aliphatic heterocycles. The fourth-order valence-electron chi connectivity index (χ4n) is 3.61. The molecule has 1 amide bonds. The Morgan fingerprint density at radius 2 is 1.46 bits per heavy atom. The van der Waals surface area contributed by atoms with Gasteiger partial charge in [-0.3, -0.25) is 4.79 Å². The summed E-state index contributed by atoms with van der Waals surface area (Å²) in [6, 6.07) is 19.3. The van der Waals surface area contributed by atoms with E-state index in [0.717, 1.165) is 16.3 Å². The number of fused-ring (bicyclic) bond motifs is 1. The van der Waals surface area contributed by atoms with E-state index in [2.05, 4.69) is 0 Å². The second-order valence-electron chi connectivity index (χ2n) is 7.64. The molecule has 0 radical (unpaired) electrons. The van der Waals surface area contributed by atoms with Crippen LogP contribution in [0.4, 0.5) is 0 Å². The van der Waals surface area contributed by atoms with Gasteiger partial charge in [0.05, 0.1) is 21.3 Å². The summed E-state index contributed by atoms with van der Waals surface area (Å²) in [5, 5.41) is 1.82. The number of nitrogens with zero attached hydrogens (tertiary/aromatic N) is 1. The van der Waals surface area contributed by atoms with Crippen molar-refractivity contribution in [3.05, 3.63) is 71.8 Å². The highest BCUT2D eigenvalue weighted by atomic mass is 32.2. The first-order valence-electron chi connectivity index (χ1n) is 9.64. The molecule has 0 aromatic heterocycles. The Morgan fingerprint density at radius 1 is 0.857 bits per heavy atom. The molecular formula is C24H27NO2S. The predicted molar refractivity (Wildman–Crippen MR) is 116 cm³/mol. The number of carbonyl (C=O) groups is 1.